The number of amides is 7. The molecule has 1 unspecified atom stereocenters. The van der Waals surface area contributed by atoms with Crippen LogP contribution in [0.3, 0.4) is 0 Å². The molecule has 0 heterocycles. The second-order valence-electron chi connectivity index (χ2n) is 12.9. The second-order valence-corrected chi connectivity index (χ2v) is 15.5. The molecule has 57 heavy (non-hydrogen) atoms. The van der Waals surface area contributed by atoms with Gasteiger partial charge in [0.15, 0.2) is 5.78 Å². The largest absolute Gasteiger partial charge is 0.481 e. The topological polar surface area (TPSA) is 345 Å². The Bertz CT molecular complexity index is 1390. The van der Waals surface area contributed by atoms with Crippen LogP contribution in [0.1, 0.15) is 79.1 Å². The van der Waals surface area contributed by atoms with Crippen LogP contribution in [0, 0.1) is 17.8 Å². The van der Waals surface area contributed by atoms with Crippen LogP contribution in [0.2, 0.25) is 0 Å². The predicted octanol–water partition coefficient (Wildman–Crippen LogP) is 0.902. The fourth-order valence-corrected chi connectivity index (χ4v) is 6.48. The Morgan fingerprint density at radius 2 is 1.25 bits per heavy atom. The maximum atomic E-state index is 13.3. The second kappa shape index (κ2) is 29.3. The molecular formula is C33H55N7O15S2. The van der Waals surface area contributed by atoms with E-state index < -0.39 is 102 Å². The summed E-state index contributed by atoms with van der Waals surface area (Å²) in [6.45, 7) is 6.61. The van der Waals surface area contributed by atoms with Crippen LogP contribution < -0.4 is 37.4 Å². The molecule has 0 saturated carbocycles. The fourth-order valence-electron chi connectivity index (χ4n) is 4.50. The number of carbonyl (C=O) groups is 10. The predicted molar refractivity (Wildman–Crippen MR) is 206 cm³/mol. The summed E-state index contributed by atoms with van der Waals surface area (Å²) in [7, 11) is 2.23. The summed E-state index contributed by atoms with van der Waals surface area (Å²) in [5.41, 5.74) is 4.27. The lowest BCUT2D eigenvalue weighted by molar-refractivity contribution is -0.143. The van der Waals surface area contributed by atoms with Crippen molar-refractivity contribution in [1.82, 2.24) is 37.4 Å². The van der Waals surface area contributed by atoms with Crippen molar-refractivity contribution < 1.29 is 73.1 Å². The number of carboxylic acids is 4. The summed E-state index contributed by atoms with van der Waals surface area (Å²) in [6, 6.07) is -5.89. The Balaban J connectivity index is 5.07. The number of ketones is 1. The van der Waals surface area contributed by atoms with E-state index in [1.54, 1.807) is 27.7 Å². The van der Waals surface area contributed by atoms with Gasteiger partial charge >= 0.3 is 42.0 Å². The Labute approximate surface area is 337 Å². The lowest BCUT2D eigenvalue weighted by Gasteiger charge is -2.25. The number of ether oxygens (including phenoxy) is 1. The van der Waals surface area contributed by atoms with Gasteiger partial charge in [-0.25, -0.2) is 29.4 Å². The summed E-state index contributed by atoms with van der Waals surface area (Å²) >= 11 is 0. The molecule has 0 aliphatic heterocycles. The molecule has 324 valence electrons. The van der Waals surface area contributed by atoms with Crippen LogP contribution in [0.25, 0.3) is 0 Å². The maximum Gasteiger partial charge on any atom is 0.426 e. The van der Waals surface area contributed by atoms with E-state index in [9.17, 15) is 63.3 Å². The van der Waals surface area contributed by atoms with E-state index in [2.05, 4.69) is 37.4 Å². The van der Waals surface area contributed by atoms with Gasteiger partial charge in [-0.15, -0.1) is 0 Å². The standard InChI is InChI=1S/C33H55N7O15S2/c1-5-19(4)20(28(47)36-23(30(50)51)17-57-56-14-13-55-33(54)40-39-27(46)18(2)3)15-24(41)22(16-26(44)45)38-32(53)34-11-7-6-9-21(29(48)49)37-31(52)35-12-8-10-25(42)43/h18-23H,5-17H2,1-4H3,(H,36,47)(H,39,46)(H,40,54)(H,42,43)(H,44,45)(H,48,49)(H,50,51)(H2,34,38,53)(H2,35,37,52)/t19?,20-,21-,22-,23-/m0/s1. The van der Waals surface area contributed by atoms with Crippen LogP contribution in [-0.4, -0.2) is 129 Å². The van der Waals surface area contributed by atoms with Crippen LogP contribution >= 0.6 is 21.6 Å². The molecule has 11 N–H and O–H groups in total. The highest BCUT2D eigenvalue weighted by Crippen LogP contribution is 2.24. The highest BCUT2D eigenvalue weighted by molar-refractivity contribution is 8.76. The van der Waals surface area contributed by atoms with E-state index in [1.165, 1.54) is 0 Å². The summed E-state index contributed by atoms with van der Waals surface area (Å²) in [5.74, 6) is -8.82. The van der Waals surface area contributed by atoms with Gasteiger partial charge in [-0.3, -0.25) is 29.4 Å². The zero-order chi connectivity index (χ0) is 43.5. The molecule has 22 nitrogen and oxygen atoms in total. The van der Waals surface area contributed by atoms with Crippen molar-refractivity contribution in [3.63, 3.8) is 0 Å². The zero-order valence-electron chi connectivity index (χ0n) is 32.3. The third-order valence-electron chi connectivity index (χ3n) is 7.97. The van der Waals surface area contributed by atoms with E-state index in [-0.39, 0.29) is 69.2 Å². The first-order valence-electron chi connectivity index (χ1n) is 18.1. The monoisotopic (exact) mass is 853 g/mol. The zero-order valence-corrected chi connectivity index (χ0v) is 33.9. The van der Waals surface area contributed by atoms with Gasteiger partial charge in [0.05, 0.1) is 12.5 Å². The molecule has 0 aliphatic carbocycles. The van der Waals surface area contributed by atoms with Gasteiger partial charge in [-0.1, -0.05) is 55.7 Å². The van der Waals surface area contributed by atoms with Gasteiger partial charge in [0.2, 0.25) is 11.8 Å². The van der Waals surface area contributed by atoms with E-state index in [0.29, 0.717) is 6.42 Å². The van der Waals surface area contributed by atoms with Crippen molar-refractivity contribution in [3.8, 4) is 0 Å². The highest BCUT2D eigenvalue weighted by atomic mass is 33.1. The fraction of sp³-hybridized carbons (Fsp3) is 0.697. The van der Waals surface area contributed by atoms with E-state index >= 15 is 0 Å². The summed E-state index contributed by atoms with van der Waals surface area (Å²) in [5, 5.41) is 49.0. The normalized spacial score (nSPS) is 13.4. The number of hydrazine groups is 1. The third kappa shape index (κ3) is 25.0. The van der Waals surface area contributed by atoms with E-state index in [4.69, 9.17) is 9.84 Å². The number of unbranched alkanes of at least 4 members (excludes halogenated alkanes) is 1. The molecule has 0 fully saturated rings. The third-order valence-corrected chi connectivity index (χ3v) is 10.3. The molecular weight excluding hydrogens is 799 g/mol. The molecule has 0 spiro atoms. The number of hydrogen-bond acceptors (Lipinski definition) is 13. The molecule has 0 rings (SSSR count). The van der Waals surface area contributed by atoms with E-state index in [1.807, 2.05) is 0 Å². The molecule has 0 radical (unpaired) electrons. The maximum absolute atomic E-state index is 13.3. The molecule has 0 saturated heterocycles. The molecule has 0 bridgehead atoms. The number of aliphatic carboxylic acids is 4. The molecule has 7 amide bonds. The number of nitrogens with one attached hydrogen (secondary N) is 7. The molecule has 0 aromatic carbocycles. The molecule has 0 aliphatic rings. The Morgan fingerprint density at radius 1 is 0.649 bits per heavy atom. The average molecular weight is 854 g/mol. The average Bonchev–Trinajstić information content (AvgIpc) is 3.13. The number of carbonyl (C=O) groups excluding carboxylic acids is 6. The van der Waals surface area contributed by atoms with Gasteiger partial charge in [0, 0.05) is 49.3 Å². The quantitative estimate of drug-likeness (QED) is 0.0283. The van der Waals surface area contributed by atoms with E-state index in [0.717, 1.165) is 21.6 Å². The number of Topliss-reactive ketones (excluding diaryl/α,β-unsaturated/α-hetero) is 1. The van der Waals surface area contributed by atoms with Gasteiger partial charge in [-0.2, -0.15) is 0 Å². The first-order chi connectivity index (χ1) is 26.8. The molecule has 0 aromatic rings. The number of urea groups is 2. The molecule has 0 aromatic heterocycles. The smallest absolute Gasteiger partial charge is 0.426 e. The van der Waals surface area contributed by atoms with Crippen molar-refractivity contribution >= 4 is 81.2 Å². The summed E-state index contributed by atoms with van der Waals surface area (Å²) in [4.78, 5) is 120. The minimum atomic E-state index is -1.55. The Kier molecular flexibility index (Phi) is 26.7. The van der Waals surface area contributed by atoms with Gasteiger partial charge in [0.1, 0.15) is 18.7 Å². The number of hydrogen-bond donors (Lipinski definition) is 11. The first-order valence-corrected chi connectivity index (χ1v) is 20.6. The van der Waals surface area contributed by atoms with Crippen molar-refractivity contribution in [2.24, 2.45) is 17.8 Å². The van der Waals surface area contributed by atoms with Gasteiger partial charge < -0.3 is 51.7 Å². The van der Waals surface area contributed by atoms with Crippen LogP contribution in [0.4, 0.5) is 14.4 Å². The number of rotatable bonds is 29. The minimum absolute atomic E-state index is 0.0151. The summed E-state index contributed by atoms with van der Waals surface area (Å²) in [6.07, 6.45) is -1.39. The van der Waals surface area contributed by atoms with Gasteiger partial charge in [0.25, 0.3) is 0 Å². The lowest BCUT2D eigenvalue weighted by Crippen LogP contribution is -2.50. The highest BCUT2D eigenvalue weighted by Gasteiger charge is 2.34. The minimum Gasteiger partial charge on any atom is -0.481 e. The van der Waals surface area contributed by atoms with Crippen LogP contribution in [-0.2, 0) is 38.3 Å². The first kappa shape index (κ1) is 52.0. The van der Waals surface area contributed by atoms with Gasteiger partial charge in [-0.05, 0) is 31.6 Å². The van der Waals surface area contributed by atoms with Crippen molar-refractivity contribution in [1.29, 1.82) is 0 Å². The lowest BCUT2D eigenvalue weighted by atomic mass is 9.85. The number of carboxylic acid groups (broad SMARTS) is 4. The van der Waals surface area contributed by atoms with Crippen molar-refractivity contribution in [3.05, 3.63) is 0 Å². The van der Waals surface area contributed by atoms with Crippen LogP contribution in [0.5, 0.6) is 0 Å². The Hall–Kier alpha value is -5.00. The van der Waals surface area contributed by atoms with Crippen molar-refractivity contribution in [2.75, 3.05) is 31.2 Å². The molecule has 24 heteroatoms. The van der Waals surface area contributed by atoms with Crippen LogP contribution in [0.15, 0.2) is 0 Å². The Morgan fingerprint density at radius 3 is 1.79 bits per heavy atom. The summed E-state index contributed by atoms with van der Waals surface area (Å²) < 4.78 is 4.91. The van der Waals surface area contributed by atoms with Crippen molar-refractivity contribution in [2.45, 2.75) is 97.2 Å². The molecule has 5 atom stereocenters. The SMILES string of the molecule is CCC(C)[C@H](CC(=O)[C@H](CC(=O)O)NC(=O)NCCCC[C@H](NC(=O)NCCCC(=O)O)C(=O)O)C(=O)N[C@@H](CSSCCOC(=O)NNC(=O)C(C)C)C(=O)O.